The Morgan fingerprint density at radius 2 is 1.96 bits per heavy atom. The smallest absolute Gasteiger partial charge is 0.243 e. The maximum atomic E-state index is 12.4. The zero-order valence-electron chi connectivity index (χ0n) is 14.2. The van der Waals surface area contributed by atoms with Crippen molar-refractivity contribution in [2.24, 2.45) is 0 Å². The van der Waals surface area contributed by atoms with E-state index < -0.39 is 5.92 Å². The molecule has 1 unspecified atom stereocenters. The molecule has 2 aromatic rings. The lowest BCUT2D eigenvalue weighted by Crippen LogP contribution is -2.30. The fourth-order valence-corrected chi connectivity index (χ4v) is 2.23. The third-order valence-electron chi connectivity index (χ3n) is 3.41. The van der Waals surface area contributed by atoms with Gasteiger partial charge >= 0.3 is 0 Å². The first-order valence-corrected chi connectivity index (χ1v) is 8.17. The van der Waals surface area contributed by atoms with Crippen LogP contribution in [0.15, 0.2) is 24.3 Å². The number of rotatable bonds is 7. The zero-order valence-corrected chi connectivity index (χ0v) is 14.2. The van der Waals surface area contributed by atoms with Crippen LogP contribution in [0.3, 0.4) is 0 Å². The van der Waals surface area contributed by atoms with Gasteiger partial charge < -0.3 is 10.1 Å². The van der Waals surface area contributed by atoms with Crippen molar-refractivity contribution < 1.29 is 9.53 Å². The zero-order chi connectivity index (χ0) is 17.5. The van der Waals surface area contributed by atoms with E-state index in [1.165, 1.54) is 0 Å². The Hall–Kier alpha value is -2.68. The van der Waals surface area contributed by atoms with E-state index in [1.54, 1.807) is 6.07 Å². The van der Waals surface area contributed by atoms with Crippen molar-refractivity contribution in [2.45, 2.75) is 45.6 Å². The van der Waals surface area contributed by atoms with Crippen molar-refractivity contribution in [3.8, 4) is 11.9 Å². The van der Waals surface area contributed by atoms with E-state index in [2.05, 4.69) is 15.3 Å². The number of unbranched alkanes of at least 4 members (excludes halogenated alkanes) is 1. The second-order valence-corrected chi connectivity index (χ2v) is 5.78. The Morgan fingerprint density at radius 1 is 1.29 bits per heavy atom. The fourth-order valence-electron chi connectivity index (χ4n) is 2.23. The first kappa shape index (κ1) is 17.7. The summed E-state index contributed by atoms with van der Waals surface area (Å²) in [5.74, 6) is -1.18. The summed E-state index contributed by atoms with van der Waals surface area (Å²) < 4.78 is 5.71. The topological polar surface area (TPSA) is 87.9 Å². The van der Waals surface area contributed by atoms with Crippen LogP contribution in [0, 0.1) is 11.3 Å². The van der Waals surface area contributed by atoms with Crippen LogP contribution in [0.2, 0.25) is 0 Å². The Labute approximate surface area is 141 Å². The van der Waals surface area contributed by atoms with Crippen LogP contribution < -0.4 is 10.1 Å². The summed E-state index contributed by atoms with van der Waals surface area (Å²) in [4.78, 5) is 21.3. The van der Waals surface area contributed by atoms with E-state index in [0.29, 0.717) is 17.6 Å². The highest BCUT2D eigenvalue weighted by Crippen LogP contribution is 2.26. The predicted octanol–water partition coefficient (Wildman–Crippen LogP) is 2.94. The summed E-state index contributed by atoms with van der Waals surface area (Å²) in [5, 5.41) is 12.3. The molecule has 0 radical (unpaired) electrons. The molecule has 0 aliphatic carbocycles. The second kappa shape index (κ2) is 8.25. The number of carbonyl (C=O) groups is 1. The molecular weight excluding hydrogens is 304 g/mol. The van der Waals surface area contributed by atoms with Crippen LogP contribution in [0.1, 0.15) is 45.2 Å². The molecule has 0 bridgehead atoms. The molecule has 1 aromatic heterocycles. The summed E-state index contributed by atoms with van der Waals surface area (Å²) in [7, 11) is 0. The highest BCUT2D eigenvalue weighted by molar-refractivity contribution is 5.87. The maximum Gasteiger partial charge on any atom is 0.243 e. The summed E-state index contributed by atoms with van der Waals surface area (Å²) >= 11 is 0. The molecule has 0 saturated heterocycles. The van der Waals surface area contributed by atoms with Gasteiger partial charge in [-0.3, -0.25) is 4.79 Å². The van der Waals surface area contributed by atoms with Gasteiger partial charge in [-0.25, -0.2) is 9.97 Å². The van der Waals surface area contributed by atoms with Gasteiger partial charge in [0.1, 0.15) is 5.69 Å². The van der Waals surface area contributed by atoms with E-state index in [9.17, 15) is 10.1 Å². The van der Waals surface area contributed by atoms with Crippen molar-refractivity contribution in [3.05, 3.63) is 30.0 Å². The van der Waals surface area contributed by atoms with Gasteiger partial charge in [0.25, 0.3) is 0 Å². The number of hydrogen-bond donors (Lipinski definition) is 1. The van der Waals surface area contributed by atoms with Gasteiger partial charge in [-0.2, -0.15) is 5.26 Å². The summed E-state index contributed by atoms with van der Waals surface area (Å²) in [5.41, 5.74) is 1.56. The van der Waals surface area contributed by atoms with Gasteiger partial charge in [0.2, 0.25) is 11.8 Å². The van der Waals surface area contributed by atoms with E-state index in [-0.39, 0.29) is 23.6 Å². The first-order chi connectivity index (χ1) is 11.6. The van der Waals surface area contributed by atoms with Crippen LogP contribution in [0.4, 0.5) is 0 Å². The number of carbonyl (C=O) groups excluding carboxylic acids is 1. The molecule has 24 heavy (non-hydrogen) atoms. The number of nitrogens with zero attached hydrogens (tertiary/aromatic N) is 3. The van der Waals surface area contributed by atoms with Crippen molar-refractivity contribution >= 4 is 16.9 Å². The molecule has 0 spiro atoms. The van der Waals surface area contributed by atoms with Gasteiger partial charge in [-0.1, -0.05) is 25.5 Å². The standard InChI is InChI=1S/C18H22N4O2/c1-4-5-10-20-17(23)13(11-19)16-18(24-12(2)3)22-15-9-7-6-8-14(15)21-16/h6-9,12-13H,4-5,10H2,1-3H3,(H,20,23). The third kappa shape index (κ3) is 4.19. The van der Waals surface area contributed by atoms with Gasteiger partial charge in [0, 0.05) is 6.54 Å². The van der Waals surface area contributed by atoms with E-state index in [4.69, 9.17) is 4.74 Å². The van der Waals surface area contributed by atoms with Crippen molar-refractivity contribution in [2.75, 3.05) is 6.54 Å². The lowest BCUT2D eigenvalue weighted by Gasteiger charge is -2.16. The minimum atomic E-state index is -1.05. The molecule has 0 fully saturated rings. The van der Waals surface area contributed by atoms with Crippen molar-refractivity contribution in [1.29, 1.82) is 5.26 Å². The average molecular weight is 326 g/mol. The number of fused-ring (bicyclic) bond motifs is 1. The summed E-state index contributed by atoms with van der Waals surface area (Å²) in [6, 6.07) is 9.35. The van der Waals surface area contributed by atoms with Crippen molar-refractivity contribution in [3.63, 3.8) is 0 Å². The van der Waals surface area contributed by atoms with Gasteiger partial charge in [-0.05, 0) is 32.4 Å². The molecule has 0 saturated carbocycles. The van der Waals surface area contributed by atoms with Crippen molar-refractivity contribution in [1.82, 2.24) is 15.3 Å². The van der Waals surface area contributed by atoms with E-state index >= 15 is 0 Å². The average Bonchev–Trinajstić information content (AvgIpc) is 2.55. The molecule has 1 N–H and O–H groups in total. The highest BCUT2D eigenvalue weighted by Gasteiger charge is 2.27. The van der Waals surface area contributed by atoms with Crippen LogP contribution in [-0.4, -0.2) is 28.5 Å². The minimum Gasteiger partial charge on any atom is -0.474 e. The quantitative estimate of drug-likeness (QED) is 0.790. The van der Waals surface area contributed by atoms with Gasteiger partial charge in [0.15, 0.2) is 5.92 Å². The van der Waals surface area contributed by atoms with E-state index in [1.807, 2.05) is 45.0 Å². The molecule has 126 valence electrons. The Balaban J connectivity index is 2.42. The number of aromatic nitrogens is 2. The molecular formula is C18H22N4O2. The molecule has 1 amide bonds. The molecule has 0 aliphatic rings. The lowest BCUT2D eigenvalue weighted by molar-refractivity contribution is -0.121. The number of nitrogens with one attached hydrogen (secondary N) is 1. The largest absolute Gasteiger partial charge is 0.474 e. The second-order valence-electron chi connectivity index (χ2n) is 5.78. The van der Waals surface area contributed by atoms with Gasteiger partial charge in [0.05, 0.1) is 23.2 Å². The normalized spacial score (nSPS) is 12.0. The van der Waals surface area contributed by atoms with Crippen LogP contribution >= 0.6 is 0 Å². The first-order valence-electron chi connectivity index (χ1n) is 8.17. The number of para-hydroxylation sites is 2. The molecule has 1 heterocycles. The number of benzene rings is 1. The predicted molar refractivity (Wildman–Crippen MR) is 91.6 cm³/mol. The number of ether oxygens (including phenoxy) is 1. The van der Waals surface area contributed by atoms with E-state index in [0.717, 1.165) is 12.8 Å². The number of nitriles is 1. The fraction of sp³-hybridized carbons (Fsp3) is 0.444. The highest BCUT2D eigenvalue weighted by atomic mass is 16.5. The van der Waals surface area contributed by atoms with Crippen LogP contribution in [0.5, 0.6) is 5.88 Å². The number of hydrogen-bond acceptors (Lipinski definition) is 5. The van der Waals surface area contributed by atoms with Crippen LogP contribution in [0.25, 0.3) is 11.0 Å². The molecule has 1 aromatic carbocycles. The Bertz CT molecular complexity index is 752. The number of amides is 1. The van der Waals surface area contributed by atoms with Crippen LogP contribution in [-0.2, 0) is 4.79 Å². The SMILES string of the molecule is CCCCNC(=O)C(C#N)c1nc2ccccc2nc1OC(C)C. The summed E-state index contributed by atoms with van der Waals surface area (Å²) in [6.07, 6.45) is 1.69. The molecule has 1 atom stereocenters. The third-order valence-corrected chi connectivity index (χ3v) is 3.41. The molecule has 6 nitrogen and oxygen atoms in total. The lowest BCUT2D eigenvalue weighted by atomic mass is 10.1. The summed E-state index contributed by atoms with van der Waals surface area (Å²) in [6.45, 7) is 6.30. The monoisotopic (exact) mass is 326 g/mol. The Morgan fingerprint density at radius 3 is 2.54 bits per heavy atom. The molecule has 0 aliphatic heterocycles. The van der Waals surface area contributed by atoms with Gasteiger partial charge in [-0.15, -0.1) is 0 Å². The minimum absolute atomic E-state index is 0.137. The Kier molecular flexibility index (Phi) is 6.07. The maximum absolute atomic E-state index is 12.4. The molecule has 6 heteroatoms. The molecule has 2 rings (SSSR count).